The summed E-state index contributed by atoms with van der Waals surface area (Å²) in [6, 6.07) is 6.33. The van der Waals surface area contributed by atoms with Crippen molar-refractivity contribution in [3.63, 3.8) is 0 Å². The van der Waals surface area contributed by atoms with Crippen LogP contribution < -0.4 is 4.74 Å². The molecule has 3 aromatic rings. The number of aromatic nitrogens is 4. The zero-order valence-corrected chi connectivity index (χ0v) is 10.2. The summed E-state index contributed by atoms with van der Waals surface area (Å²) in [4.78, 5) is 12.3. The van der Waals surface area contributed by atoms with Gasteiger partial charge in [0.2, 0.25) is 5.88 Å². The second kappa shape index (κ2) is 4.64. The Morgan fingerprint density at radius 1 is 1.16 bits per heavy atom. The zero-order chi connectivity index (χ0) is 13.2. The van der Waals surface area contributed by atoms with Crippen LogP contribution in [0, 0.1) is 5.82 Å². The highest BCUT2D eigenvalue weighted by Gasteiger charge is 2.11. The van der Waals surface area contributed by atoms with Gasteiger partial charge in [0.25, 0.3) is 0 Å². The van der Waals surface area contributed by atoms with E-state index in [2.05, 4.69) is 15.0 Å². The second-order valence-electron chi connectivity index (χ2n) is 4.05. The molecule has 6 heteroatoms. The Hall–Kier alpha value is -2.50. The van der Waals surface area contributed by atoms with Gasteiger partial charge in [-0.15, -0.1) is 0 Å². The van der Waals surface area contributed by atoms with Crippen molar-refractivity contribution in [3.8, 4) is 5.88 Å². The molecule has 5 nitrogen and oxygen atoms in total. The van der Waals surface area contributed by atoms with Crippen molar-refractivity contribution in [1.29, 1.82) is 0 Å². The van der Waals surface area contributed by atoms with E-state index in [-0.39, 0.29) is 5.82 Å². The van der Waals surface area contributed by atoms with Gasteiger partial charge in [0, 0.05) is 6.54 Å². The van der Waals surface area contributed by atoms with Crippen LogP contribution in [0.25, 0.3) is 11.2 Å². The SMILES string of the molecule is COc1ncnc2ncn(Cc3ccc(F)cc3)c12. The Kier molecular flexibility index (Phi) is 2.83. The number of halogens is 1. The lowest BCUT2D eigenvalue weighted by Crippen LogP contribution is -2.01. The molecule has 1 aromatic carbocycles. The summed E-state index contributed by atoms with van der Waals surface area (Å²) in [6.07, 6.45) is 3.08. The third-order valence-electron chi connectivity index (χ3n) is 2.84. The normalized spacial score (nSPS) is 10.8. The fraction of sp³-hybridized carbons (Fsp3) is 0.154. The fourth-order valence-corrected chi connectivity index (χ4v) is 1.94. The van der Waals surface area contributed by atoms with Crippen LogP contribution >= 0.6 is 0 Å². The lowest BCUT2D eigenvalue weighted by Gasteiger charge is -2.06. The predicted octanol–water partition coefficient (Wildman–Crippen LogP) is 2.02. The molecule has 0 N–H and O–H groups in total. The first-order chi connectivity index (χ1) is 9.28. The molecular formula is C13H11FN4O. The highest BCUT2D eigenvalue weighted by Crippen LogP contribution is 2.21. The molecule has 0 aliphatic carbocycles. The first kappa shape index (κ1) is 11.6. The van der Waals surface area contributed by atoms with E-state index >= 15 is 0 Å². The number of benzene rings is 1. The third kappa shape index (κ3) is 2.12. The van der Waals surface area contributed by atoms with E-state index in [0.29, 0.717) is 18.1 Å². The standard InChI is InChI=1S/C13H11FN4O/c1-19-13-11-12(15-7-16-13)17-8-18(11)6-9-2-4-10(14)5-3-9/h2-5,7-8H,6H2,1H3. The molecule has 0 bridgehead atoms. The third-order valence-corrected chi connectivity index (χ3v) is 2.84. The Labute approximate surface area is 108 Å². The molecule has 96 valence electrons. The van der Waals surface area contributed by atoms with Crippen molar-refractivity contribution >= 4 is 11.2 Å². The van der Waals surface area contributed by atoms with E-state index in [1.807, 2.05) is 4.57 Å². The maximum Gasteiger partial charge on any atom is 0.243 e. The summed E-state index contributed by atoms with van der Waals surface area (Å²) >= 11 is 0. The van der Waals surface area contributed by atoms with Crippen LogP contribution in [0.1, 0.15) is 5.56 Å². The van der Waals surface area contributed by atoms with Crippen LogP contribution in [0.5, 0.6) is 5.88 Å². The predicted molar refractivity (Wildman–Crippen MR) is 67.4 cm³/mol. The molecule has 19 heavy (non-hydrogen) atoms. The molecule has 0 saturated heterocycles. The maximum absolute atomic E-state index is 12.9. The van der Waals surface area contributed by atoms with E-state index in [9.17, 15) is 4.39 Å². The smallest absolute Gasteiger partial charge is 0.243 e. The summed E-state index contributed by atoms with van der Waals surface area (Å²) in [5.41, 5.74) is 2.27. The molecule has 0 spiro atoms. The average Bonchev–Trinajstić information content (AvgIpc) is 2.85. The molecule has 0 fully saturated rings. The highest BCUT2D eigenvalue weighted by molar-refractivity contribution is 5.76. The number of ether oxygens (including phenoxy) is 1. The molecule has 0 aliphatic rings. The van der Waals surface area contributed by atoms with Crippen LogP contribution in [-0.4, -0.2) is 26.6 Å². The van der Waals surface area contributed by atoms with Crippen LogP contribution in [0.4, 0.5) is 4.39 Å². The average molecular weight is 258 g/mol. The first-order valence-electron chi connectivity index (χ1n) is 5.72. The van der Waals surface area contributed by atoms with Crippen molar-refractivity contribution in [2.45, 2.75) is 6.54 Å². The number of nitrogens with zero attached hydrogens (tertiary/aromatic N) is 4. The van der Waals surface area contributed by atoms with Gasteiger partial charge in [0.1, 0.15) is 12.1 Å². The largest absolute Gasteiger partial charge is 0.479 e. The fourth-order valence-electron chi connectivity index (χ4n) is 1.94. The number of imidazole rings is 1. The second-order valence-corrected chi connectivity index (χ2v) is 4.05. The van der Waals surface area contributed by atoms with Crippen LogP contribution in [0.2, 0.25) is 0 Å². The van der Waals surface area contributed by atoms with E-state index < -0.39 is 0 Å². The van der Waals surface area contributed by atoms with Gasteiger partial charge in [-0.05, 0) is 17.7 Å². The van der Waals surface area contributed by atoms with Crippen molar-refractivity contribution in [2.75, 3.05) is 7.11 Å². The van der Waals surface area contributed by atoms with Gasteiger partial charge in [-0.2, -0.15) is 4.98 Å². The van der Waals surface area contributed by atoms with Crippen molar-refractivity contribution in [1.82, 2.24) is 19.5 Å². The highest BCUT2D eigenvalue weighted by atomic mass is 19.1. The maximum atomic E-state index is 12.9. The topological polar surface area (TPSA) is 52.8 Å². The summed E-state index contributed by atoms with van der Waals surface area (Å²) in [7, 11) is 1.55. The van der Waals surface area contributed by atoms with Crippen LogP contribution in [-0.2, 0) is 6.54 Å². The lowest BCUT2D eigenvalue weighted by atomic mass is 10.2. The van der Waals surface area contributed by atoms with Gasteiger partial charge < -0.3 is 9.30 Å². The van der Waals surface area contributed by atoms with Gasteiger partial charge in [-0.3, -0.25) is 0 Å². The zero-order valence-electron chi connectivity index (χ0n) is 10.2. The number of methoxy groups -OCH3 is 1. The minimum atomic E-state index is -0.250. The van der Waals surface area contributed by atoms with E-state index in [1.165, 1.54) is 18.5 Å². The Morgan fingerprint density at radius 2 is 1.95 bits per heavy atom. The summed E-state index contributed by atoms with van der Waals surface area (Å²) < 4.78 is 20.0. The molecular weight excluding hydrogens is 247 g/mol. The Morgan fingerprint density at radius 3 is 2.68 bits per heavy atom. The van der Waals surface area contributed by atoms with Gasteiger partial charge in [-0.25, -0.2) is 14.4 Å². The Balaban J connectivity index is 2.03. The van der Waals surface area contributed by atoms with Crippen molar-refractivity contribution in [3.05, 3.63) is 48.3 Å². The number of hydrogen-bond donors (Lipinski definition) is 0. The van der Waals surface area contributed by atoms with E-state index in [1.54, 1.807) is 25.6 Å². The molecule has 0 radical (unpaired) electrons. The number of rotatable bonds is 3. The molecule has 2 aromatic heterocycles. The van der Waals surface area contributed by atoms with Gasteiger partial charge in [0.15, 0.2) is 11.2 Å². The Bertz CT molecular complexity index is 708. The summed E-state index contributed by atoms with van der Waals surface area (Å²) in [5.74, 6) is 0.227. The summed E-state index contributed by atoms with van der Waals surface area (Å²) in [6.45, 7) is 0.556. The van der Waals surface area contributed by atoms with E-state index in [4.69, 9.17) is 4.74 Å². The minimum absolute atomic E-state index is 0.250. The molecule has 0 aliphatic heterocycles. The molecule has 0 amide bonds. The van der Waals surface area contributed by atoms with Gasteiger partial charge in [0.05, 0.1) is 13.4 Å². The van der Waals surface area contributed by atoms with Gasteiger partial charge >= 0.3 is 0 Å². The monoisotopic (exact) mass is 258 g/mol. The molecule has 3 rings (SSSR count). The van der Waals surface area contributed by atoms with Gasteiger partial charge in [-0.1, -0.05) is 12.1 Å². The first-order valence-corrected chi connectivity index (χ1v) is 5.72. The molecule has 0 atom stereocenters. The number of hydrogen-bond acceptors (Lipinski definition) is 4. The minimum Gasteiger partial charge on any atom is -0.479 e. The van der Waals surface area contributed by atoms with Crippen LogP contribution in [0.15, 0.2) is 36.9 Å². The van der Waals surface area contributed by atoms with Crippen LogP contribution in [0.3, 0.4) is 0 Å². The molecule has 2 heterocycles. The summed E-state index contributed by atoms with van der Waals surface area (Å²) in [5, 5.41) is 0. The van der Waals surface area contributed by atoms with Crippen molar-refractivity contribution in [2.24, 2.45) is 0 Å². The lowest BCUT2D eigenvalue weighted by molar-refractivity contribution is 0.400. The molecule has 0 saturated carbocycles. The number of fused-ring (bicyclic) bond motifs is 1. The van der Waals surface area contributed by atoms with E-state index in [0.717, 1.165) is 11.1 Å². The quantitative estimate of drug-likeness (QED) is 0.721. The van der Waals surface area contributed by atoms with Crippen molar-refractivity contribution < 1.29 is 9.13 Å². The molecule has 0 unspecified atom stereocenters.